The maximum absolute atomic E-state index is 14.0. The number of aromatic nitrogens is 8. The number of oxazole rings is 2. The first-order valence-corrected chi connectivity index (χ1v) is 33.0. The van der Waals surface area contributed by atoms with E-state index in [2.05, 4.69) is 40.1 Å². The van der Waals surface area contributed by atoms with Gasteiger partial charge in [0.15, 0.2) is 34.4 Å². The van der Waals surface area contributed by atoms with E-state index in [0.717, 1.165) is 57.3 Å². The number of rotatable bonds is 13. The highest BCUT2D eigenvalue weighted by Crippen LogP contribution is 2.32. The molecule has 588 valence electrons. The fourth-order valence-corrected chi connectivity index (χ4v) is 10.1. The maximum Gasteiger partial charge on any atom is 0.358 e. The van der Waals surface area contributed by atoms with Crippen LogP contribution in [0.5, 0.6) is 0 Å². The van der Waals surface area contributed by atoms with Crippen molar-refractivity contribution in [3.05, 3.63) is 218 Å². The van der Waals surface area contributed by atoms with Crippen LogP contribution in [0.15, 0.2) is 153 Å². The van der Waals surface area contributed by atoms with Gasteiger partial charge in [-0.1, -0.05) is 54.0 Å². The smallest absolute Gasteiger partial charge is 0.358 e. The highest BCUT2D eigenvalue weighted by Gasteiger charge is 2.25. The molecule has 10 aromatic rings. The molecule has 0 saturated carbocycles. The lowest BCUT2D eigenvalue weighted by Crippen LogP contribution is -2.37. The average molecular weight is 1530 g/mol. The van der Waals surface area contributed by atoms with Gasteiger partial charge in [-0.15, -0.1) is 0 Å². The molecule has 3 fully saturated rings. The molecule has 0 radical (unpaired) electrons. The number of benzene rings is 4. The number of aryl methyl sites for hydroxylation is 2. The van der Waals surface area contributed by atoms with Crippen molar-refractivity contribution in [2.45, 2.75) is 75.9 Å². The number of nitrogens with two attached hydrogens (primary N) is 4. The highest BCUT2D eigenvalue weighted by atomic mass is 19.1. The topological polar surface area (TPSA) is 409 Å². The minimum Gasteiger partial charge on any atom is -0.476 e. The first-order valence-electron chi connectivity index (χ1n) is 33.0. The number of morpholine rings is 2. The van der Waals surface area contributed by atoms with Gasteiger partial charge in [0.05, 0.1) is 44.5 Å². The first-order chi connectivity index (χ1) is 51.1. The van der Waals surface area contributed by atoms with Gasteiger partial charge in [0, 0.05) is 138 Å². The Labute approximate surface area is 634 Å². The predicted molar refractivity (Wildman–Crippen MR) is 410 cm³/mol. The number of carbonyl (C=O) groups is 2. The van der Waals surface area contributed by atoms with E-state index in [1.165, 1.54) is 132 Å². The van der Waals surface area contributed by atoms with Crippen LogP contribution in [0.4, 0.5) is 50.6 Å². The number of carbonyl (C=O) groups excluding carboxylic acids is 1. The van der Waals surface area contributed by atoms with Gasteiger partial charge in [0.25, 0.3) is 5.91 Å². The van der Waals surface area contributed by atoms with Crippen LogP contribution in [0, 0.1) is 51.7 Å². The molecule has 4 aromatic carbocycles. The van der Waals surface area contributed by atoms with Crippen molar-refractivity contribution in [1.82, 2.24) is 44.4 Å². The zero-order valence-electron chi connectivity index (χ0n) is 58.3. The van der Waals surface area contributed by atoms with Gasteiger partial charge in [0.1, 0.15) is 76.3 Å². The zero-order valence-corrected chi connectivity index (χ0v) is 58.3. The molecular formula is C77H94F5N17O11. The second-order valence-electron chi connectivity index (χ2n) is 22.6. The van der Waals surface area contributed by atoms with Crippen LogP contribution in [-0.4, -0.2) is 135 Å². The normalized spacial score (nSPS) is 12.4. The fraction of sp³-hybridized carbons (Fsp3) is 0.325. The summed E-state index contributed by atoms with van der Waals surface area (Å²) in [5.74, 6) is -4.99. The van der Waals surface area contributed by atoms with Crippen molar-refractivity contribution in [3.63, 3.8) is 0 Å². The Morgan fingerprint density at radius 2 is 0.964 bits per heavy atom. The standard InChI is InChI=1S/C21H18FN7O3.C14H11N5O4.C11H15FN2O.C11H11FN2O.C7H3F2N.C5H10O.C4H10O.4CH4/c1-29-10-11(5-6-15(29)30)16-17(21-25-7-8-32-21)28-19(24)18(27-16)20(31)26-9-12-13(22)3-2-4-14(12)23;1-19-6-7(2-3-8(19)20)9-10(13-16-4-5-23-13)18-12(15)11(17-9)14(21)22;2*12-10-2-1-3-11(9(10)8-13)14-4-6-15-7-5-14;8-6-2-1-3-7(9)5(6)4-10;1-2-4-6-5-3-1;1-3-5-4-2;;;;/h2-8,10H,9,23H2,1H3,(H2,24,28)(H,26,31);2-6H,1H3,(H2,15,18)(H,21,22);1-3H,4-8,13H2;1-3H,4-7H2;1-3H;1-5H2;3-4H2,1-2H3;4*1H4. The van der Waals surface area contributed by atoms with Gasteiger partial charge in [0.2, 0.25) is 22.9 Å². The second kappa shape index (κ2) is 46.7. The molecule has 110 heavy (non-hydrogen) atoms. The minimum atomic E-state index is -1.31. The Balaban J connectivity index is 0.000000355. The van der Waals surface area contributed by atoms with E-state index in [9.17, 15) is 46.2 Å². The number of amides is 1. The van der Waals surface area contributed by atoms with Gasteiger partial charge < -0.3 is 80.1 Å². The molecule has 0 spiro atoms. The van der Waals surface area contributed by atoms with Gasteiger partial charge in [-0.05, 0) is 93.8 Å². The quantitative estimate of drug-likeness (QED) is 0.0461. The summed E-state index contributed by atoms with van der Waals surface area (Å²) in [5.41, 5.74) is 25.9. The van der Waals surface area contributed by atoms with E-state index in [0.29, 0.717) is 61.9 Å². The summed E-state index contributed by atoms with van der Waals surface area (Å²) in [6, 6.07) is 26.4. The summed E-state index contributed by atoms with van der Waals surface area (Å²) < 4.78 is 99.2. The van der Waals surface area contributed by atoms with Crippen LogP contribution >= 0.6 is 0 Å². The molecule has 28 nitrogen and oxygen atoms in total. The maximum atomic E-state index is 14.0. The van der Waals surface area contributed by atoms with Crippen LogP contribution in [0.25, 0.3) is 45.7 Å². The molecule has 0 unspecified atom stereocenters. The lowest BCUT2D eigenvalue weighted by Gasteiger charge is -2.30. The van der Waals surface area contributed by atoms with Gasteiger partial charge in [-0.25, -0.2) is 56.7 Å². The Kier molecular flexibility index (Phi) is 39.1. The molecule has 3 aliphatic rings. The number of nitrogens with zero attached hydrogens (tertiary/aromatic N) is 12. The molecule has 13 rings (SSSR count). The number of pyridine rings is 2. The van der Waals surface area contributed by atoms with Crippen molar-refractivity contribution in [2.24, 2.45) is 19.8 Å². The highest BCUT2D eigenvalue weighted by molar-refractivity contribution is 5.98. The van der Waals surface area contributed by atoms with E-state index >= 15 is 0 Å². The Bertz CT molecular complexity index is 4700. The zero-order chi connectivity index (χ0) is 76.7. The molecule has 0 atom stereocenters. The Morgan fingerprint density at radius 1 is 0.545 bits per heavy atom. The number of carboxylic acids is 1. The van der Waals surface area contributed by atoms with Crippen molar-refractivity contribution in [3.8, 4) is 57.8 Å². The summed E-state index contributed by atoms with van der Waals surface area (Å²) in [7, 11) is 3.15. The third-order valence-electron chi connectivity index (χ3n) is 15.5. The van der Waals surface area contributed by atoms with Gasteiger partial charge in [-0.2, -0.15) is 10.5 Å². The third-order valence-corrected chi connectivity index (χ3v) is 15.5. The van der Waals surface area contributed by atoms with Crippen molar-refractivity contribution in [2.75, 3.05) is 106 Å². The van der Waals surface area contributed by atoms with Gasteiger partial charge >= 0.3 is 5.97 Å². The number of nitriles is 2. The molecule has 9 heterocycles. The number of anilines is 5. The molecule has 1 amide bonds. The molecule has 0 bridgehead atoms. The second-order valence-corrected chi connectivity index (χ2v) is 22.6. The van der Waals surface area contributed by atoms with Gasteiger partial charge in [-0.3, -0.25) is 14.4 Å². The number of aromatic carboxylic acids is 1. The molecule has 6 aromatic heterocycles. The molecule has 10 N–H and O–H groups in total. The van der Waals surface area contributed by atoms with E-state index in [1.807, 2.05) is 30.9 Å². The monoisotopic (exact) mass is 1530 g/mol. The number of halogens is 5. The summed E-state index contributed by atoms with van der Waals surface area (Å²) in [6.07, 6.45) is 12.5. The predicted octanol–water partition coefficient (Wildman–Crippen LogP) is 11.8. The van der Waals surface area contributed by atoms with E-state index in [1.54, 1.807) is 32.3 Å². The largest absolute Gasteiger partial charge is 0.476 e. The summed E-state index contributed by atoms with van der Waals surface area (Å²) in [5, 5.41) is 28.8. The number of nitrogens with one attached hydrogen (secondary N) is 1. The third kappa shape index (κ3) is 25.7. The molecular weight excluding hydrogens is 1430 g/mol. The van der Waals surface area contributed by atoms with Crippen molar-refractivity contribution in [1.29, 1.82) is 10.5 Å². The molecule has 3 aliphatic heterocycles. The number of hydrogen-bond acceptors (Lipinski definition) is 24. The van der Waals surface area contributed by atoms with E-state index in [4.69, 9.17) is 61.2 Å². The Hall–Kier alpha value is -12.3. The van der Waals surface area contributed by atoms with Crippen LogP contribution in [0.3, 0.4) is 0 Å². The average Bonchev–Trinajstić information content (AvgIpc) is 1.25. The fourth-order valence-electron chi connectivity index (χ4n) is 10.1. The van der Waals surface area contributed by atoms with Crippen LogP contribution in [-0.2, 0) is 46.1 Å². The number of nitrogen functional groups attached to an aromatic ring is 3. The Morgan fingerprint density at radius 3 is 1.35 bits per heavy atom. The number of ether oxygens (including phenoxy) is 4. The lowest BCUT2D eigenvalue weighted by molar-refractivity contribution is 0.0691. The van der Waals surface area contributed by atoms with E-state index < -0.39 is 40.7 Å². The van der Waals surface area contributed by atoms with Crippen LogP contribution in [0.2, 0.25) is 0 Å². The van der Waals surface area contributed by atoms with E-state index in [-0.39, 0.29) is 134 Å². The van der Waals surface area contributed by atoms with Crippen molar-refractivity contribution >= 4 is 40.6 Å². The summed E-state index contributed by atoms with van der Waals surface area (Å²) in [4.78, 5) is 76.3. The number of carboxylic acid groups (broad SMARTS) is 1. The molecule has 0 aliphatic carbocycles. The summed E-state index contributed by atoms with van der Waals surface area (Å²) in [6.45, 7) is 13.4. The molecule has 3 saturated heterocycles. The summed E-state index contributed by atoms with van der Waals surface area (Å²) >= 11 is 0. The van der Waals surface area contributed by atoms with Crippen LogP contribution < -0.4 is 49.2 Å². The first kappa shape index (κ1) is 91.9. The molecule has 33 heteroatoms. The van der Waals surface area contributed by atoms with Crippen LogP contribution in [0.1, 0.15) is 106 Å². The minimum absolute atomic E-state index is 0. The number of hydrogen-bond donors (Lipinski definition) is 6. The SMILES string of the molecule is C.C.C.C.C1CCOCC1.CCOCC.Cn1cc(-c2nc(C(=O)NCc3c(N)cccc3F)c(N)nc2-c2ncco2)ccc1=O.Cn1cc(-c2nc(C(=O)O)c(N)nc2-c2ncco2)ccc1=O.N#Cc1c(F)cccc1F.N#Cc1c(F)cccc1N1CCOCC1.NCc1c(F)cccc1N1CCOCC1. The van der Waals surface area contributed by atoms with Crippen molar-refractivity contribution < 1.29 is 64.4 Å². The lowest BCUT2D eigenvalue weighted by atomic mass is 10.1.